The van der Waals surface area contributed by atoms with Crippen molar-refractivity contribution in [3.05, 3.63) is 17.5 Å². The van der Waals surface area contributed by atoms with Gasteiger partial charge in [0, 0.05) is 20.0 Å². The maximum absolute atomic E-state index is 11.7. The number of likely N-dealkylation sites (N-methyl/N-ethyl adjacent to an activating group) is 1. The van der Waals surface area contributed by atoms with E-state index in [1.54, 1.807) is 4.68 Å². The molecule has 1 fully saturated rings. The minimum absolute atomic E-state index is 0.0822. The van der Waals surface area contributed by atoms with Crippen molar-refractivity contribution in [1.82, 2.24) is 14.7 Å². The van der Waals surface area contributed by atoms with Crippen molar-refractivity contribution < 1.29 is 4.79 Å². The molecule has 1 aromatic heterocycles. The SMILES string of the molecule is Cc1cc(C2C(=O)CCN2C)n(C)n1. The Bertz CT molecular complexity index is 369. The van der Waals surface area contributed by atoms with Crippen LogP contribution in [0.3, 0.4) is 0 Å². The molecule has 1 aliphatic heterocycles. The second-order valence-electron chi connectivity index (χ2n) is 3.93. The standard InChI is InChI=1S/C10H15N3O/c1-7-6-8(13(3)11-7)10-9(14)4-5-12(10)2/h6,10H,4-5H2,1-3H3. The van der Waals surface area contributed by atoms with Gasteiger partial charge in [0.25, 0.3) is 0 Å². The first kappa shape index (κ1) is 9.40. The van der Waals surface area contributed by atoms with Crippen molar-refractivity contribution in [2.75, 3.05) is 13.6 Å². The third-order valence-corrected chi connectivity index (χ3v) is 2.77. The number of likely N-dealkylation sites (tertiary alicyclic amines) is 1. The second-order valence-corrected chi connectivity index (χ2v) is 3.93. The lowest BCUT2D eigenvalue weighted by Gasteiger charge is -2.17. The average Bonchev–Trinajstić information content (AvgIpc) is 2.57. The third kappa shape index (κ3) is 1.35. The Morgan fingerprint density at radius 1 is 1.50 bits per heavy atom. The monoisotopic (exact) mass is 193 g/mol. The van der Waals surface area contributed by atoms with E-state index >= 15 is 0 Å². The number of Topliss-reactive ketones (excluding diaryl/α,β-unsaturated/α-hetero) is 1. The summed E-state index contributed by atoms with van der Waals surface area (Å²) in [5.74, 6) is 0.301. The van der Waals surface area contributed by atoms with Crippen LogP contribution in [-0.4, -0.2) is 34.1 Å². The van der Waals surface area contributed by atoms with Gasteiger partial charge < -0.3 is 0 Å². The molecular formula is C10H15N3O. The maximum atomic E-state index is 11.7. The van der Waals surface area contributed by atoms with Crippen LogP contribution in [0.15, 0.2) is 6.07 Å². The summed E-state index contributed by atoms with van der Waals surface area (Å²) in [7, 11) is 3.87. The fraction of sp³-hybridized carbons (Fsp3) is 0.600. The summed E-state index contributed by atoms with van der Waals surface area (Å²) in [6.07, 6.45) is 0.658. The Balaban J connectivity index is 2.38. The molecule has 76 valence electrons. The molecule has 14 heavy (non-hydrogen) atoms. The number of rotatable bonds is 1. The molecule has 0 bridgehead atoms. The molecule has 4 heteroatoms. The van der Waals surface area contributed by atoms with E-state index in [0.717, 1.165) is 17.9 Å². The van der Waals surface area contributed by atoms with E-state index in [0.29, 0.717) is 12.2 Å². The zero-order valence-corrected chi connectivity index (χ0v) is 8.82. The zero-order valence-electron chi connectivity index (χ0n) is 8.82. The summed E-state index contributed by atoms with van der Waals surface area (Å²) in [5.41, 5.74) is 1.98. The van der Waals surface area contributed by atoms with Crippen LogP contribution in [0.4, 0.5) is 0 Å². The molecule has 2 heterocycles. The molecule has 0 amide bonds. The molecule has 0 saturated carbocycles. The topological polar surface area (TPSA) is 38.1 Å². The number of carbonyl (C=O) groups is 1. The molecule has 0 aromatic carbocycles. The summed E-state index contributed by atoms with van der Waals surface area (Å²) in [5, 5.41) is 4.26. The third-order valence-electron chi connectivity index (χ3n) is 2.77. The summed E-state index contributed by atoms with van der Waals surface area (Å²) < 4.78 is 1.81. The number of ketones is 1. The van der Waals surface area contributed by atoms with Crippen LogP contribution < -0.4 is 0 Å². The molecule has 1 atom stereocenters. The molecule has 2 rings (SSSR count). The zero-order chi connectivity index (χ0) is 10.3. The van der Waals surface area contributed by atoms with Crippen molar-refractivity contribution in [2.24, 2.45) is 7.05 Å². The van der Waals surface area contributed by atoms with Crippen LogP contribution in [0.5, 0.6) is 0 Å². The lowest BCUT2D eigenvalue weighted by atomic mass is 10.1. The quantitative estimate of drug-likeness (QED) is 0.658. The molecule has 1 aliphatic rings. The van der Waals surface area contributed by atoms with Crippen molar-refractivity contribution in [2.45, 2.75) is 19.4 Å². The number of hydrogen-bond acceptors (Lipinski definition) is 3. The minimum Gasteiger partial charge on any atom is -0.297 e. The van der Waals surface area contributed by atoms with E-state index in [1.165, 1.54) is 0 Å². The van der Waals surface area contributed by atoms with Gasteiger partial charge in [-0.2, -0.15) is 5.10 Å². The number of aromatic nitrogens is 2. The van der Waals surface area contributed by atoms with Crippen molar-refractivity contribution in [3.63, 3.8) is 0 Å². The highest BCUT2D eigenvalue weighted by Gasteiger charge is 2.33. The number of nitrogens with zero attached hydrogens (tertiary/aromatic N) is 3. The highest BCUT2D eigenvalue weighted by molar-refractivity contribution is 5.87. The van der Waals surface area contributed by atoms with E-state index in [4.69, 9.17) is 0 Å². The highest BCUT2D eigenvalue weighted by Crippen LogP contribution is 2.27. The molecule has 1 unspecified atom stereocenters. The number of aryl methyl sites for hydroxylation is 2. The summed E-state index contributed by atoms with van der Waals surface area (Å²) in [6, 6.07) is 1.91. The van der Waals surface area contributed by atoms with Gasteiger partial charge in [-0.3, -0.25) is 14.4 Å². The fourth-order valence-corrected chi connectivity index (χ4v) is 2.08. The largest absolute Gasteiger partial charge is 0.297 e. The Morgan fingerprint density at radius 2 is 2.21 bits per heavy atom. The van der Waals surface area contributed by atoms with E-state index < -0.39 is 0 Å². The van der Waals surface area contributed by atoms with Crippen LogP contribution in [0.1, 0.15) is 23.9 Å². The summed E-state index contributed by atoms with van der Waals surface area (Å²) in [4.78, 5) is 13.7. The van der Waals surface area contributed by atoms with Crippen molar-refractivity contribution in [3.8, 4) is 0 Å². The molecule has 4 nitrogen and oxygen atoms in total. The van der Waals surface area contributed by atoms with Gasteiger partial charge in [-0.1, -0.05) is 0 Å². The van der Waals surface area contributed by atoms with Crippen LogP contribution in [0, 0.1) is 6.92 Å². The summed E-state index contributed by atoms with van der Waals surface area (Å²) in [6.45, 7) is 2.80. The normalized spacial score (nSPS) is 23.4. The number of hydrogen-bond donors (Lipinski definition) is 0. The van der Waals surface area contributed by atoms with Crippen LogP contribution in [-0.2, 0) is 11.8 Å². The smallest absolute Gasteiger partial charge is 0.157 e. The Morgan fingerprint density at radius 3 is 2.64 bits per heavy atom. The molecule has 0 N–H and O–H groups in total. The first-order valence-electron chi connectivity index (χ1n) is 4.83. The number of carbonyl (C=O) groups excluding carboxylic acids is 1. The van der Waals surface area contributed by atoms with Gasteiger partial charge in [0.05, 0.1) is 11.4 Å². The molecule has 0 aliphatic carbocycles. The maximum Gasteiger partial charge on any atom is 0.157 e. The van der Waals surface area contributed by atoms with Gasteiger partial charge in [0.1, 0.15) is 6.04 Å². The summed E-state index contributed by atoms with van der Waals surface area (Å²) >= 11 is 0. The first-order chi connectivity index (χ1) is 6.59. The Hall–Kier alpha value is -1.16. The molecule has 0 spiro atoms. The molecule has 1 saturated heterocycles. The van der Waals surface area contributed by atoms with Crippen LogP contribution >= 0.6 is 0 Å². The molecule has 0 radical (unpaired) electrons. The van der Waals surface area contributed by atoms with Gasteiger partial charge in [-0.15, -0.1) is 0 Å². The van der Waals surface area contributed by atoms with E-state index in [1.807, 2.05) is 27.1 Å². The Kier molecular flexibility index (Phi) is 2.15. The molecule has 1 aromatic rings. The first-order valence-corrected chi connectivity index (χ1v) is 4.83. The van der Waals surface area contributed by atoms with E-state index in [2.05, 4.69) is 10.00 Å². The van der Waals surface area contributed by atoms with Crippen LogP contribution in [0.25, 0.3) is 0 Å². The Labute approximate surface area is 83.5 Å². The van der Waals surface area contributed by atoms with E-state index in [-0.39, 0.29) is 6.04 Å². The van der Waals surface area contributed by atoms with Gasteiger partial charge >= 0.3 is 0 Å². The van der Waals surface area contributed by atoms with Gasteiger partial charge in [-0.05, 0) is 20.0 Å². The lowest BCUT2D eigenvalue weighted by molar-refractivity contribution is -0.120. The fourth-order valence-electron chi connectivity index (χ4n) is 2.08. The lowest BCUT2D eigenvalue weighted by Crippen LogP contribution is -2.23. The molecular weight excluding hydrogens is 178 g/mol. The minimum atomic E-state index is -0.0822. The second kappa shape index (κ2) is 3.20. The highest BCUT2D eigenvalue weighted by atomic mass is 16.1. The van der Waals surface area contributed by atoms with Gasteiger partial charge in [0.15, 0.2) is 5.78 Å². The van der Waals surface area contributed by atoms with Crippen LogP contribution in [0.2, 0.25) is 0 Å². The average molecular weight is 193 g/mol. The van der Waals surface area contributed by atoms with Crippen molar-refractivity contribution >= 4 is 5.78 Å². The van der Waals surface area contributed by atoms with E-state index in [9.17, 15) is 4.79 Å². The predicted octanol–water partition coefficient (Wildman–Crippen LogP) is 0.674. The van der Waals surface area contributed by atoms with Crippen molar-refractivity contribution in [1.29, 1.82) is 0 Å². The predicted molar refractivity (Wildman–Crippen MR) is 52.9 cm³/mol. The van der Waals surface area contributed by atoms with Gasteiger partial charge in [-0.25, -0.2) is 0 Å². The van der Waals surface area contributed by atoms with Gasteiger partial charge in [0.2, 0.25) is 0 Å².